The van der Waals surface area contributed by atoms with Gasteiger partial charge in [0.2, 0.25) is 0 Å². The van der Waals surface area contributed by atoms with Gasteiger partial charge in [0.25, 0.3) is 5.91 Å². The van der Waals surface area contributed by atoms with E-state index in [9.17, 15) is 9.18 Å². The lowest BCUT2D eigenvalue weighted by atomic mass is 10.1. The molecule has 4 rings (SSSR count). The largest absolute Gasteiger partial charge is 0.497 e. The lowest BCUT2D eigenvalue weighted by molar-refractivity contribution is 0.0630. The van der Waals surface area contributed by atoms with E-state index < -0.39 is 0 Å². The summed E-state index contributed by atoms with van der Waals surface area (Å²) in [4.78, 5) is 21.7. The van der Waals surface area contributed by atoms with E-state index in [0.29, 0.717) is 35.2 Å². The first kappa shape index (κ1) is 19.3. The monoisotopic (exact) mass is 393 g/mol. The smallest absolute Gasteiger partial charge is 0.254 e. The van der Waals surface area contributed by atoms with Crippen molar-refractivity contribution in [3.05, 3.63) is 71.2 Å². The minimum atomic E-state index is -0.346. The Kier molecular flexibility index (Phi) is 5.45. The normalized spacial score (nSPS) is 14.9. The first-order valence-electron chi connectivity index (χ1n) is 9.75. The average molecular weight is 393 g/mol. The summed E-state index contributed by atoms with van der Waals surface area (Å²) in [5, 5.41) is 0.697. The molecule has 1 aliphatic heterocycles. The molecule has 1 aromatic heterocycles. The van der Waals surface area contributed by atoms with E-state index in [1.165, 1.54) is 17.7 Å². The number of carbonyl (C=O) groups is 1. The lowest BCUT2D eigenvalue weighted by Gasteiger charge is -2.35. The molecular formula is C23H24FN3O2. The van der Waals surface area contributed by atoms with Crippen LogP contribution in [0, 0.1) is 12.7 Å². The predicted molar refractivity (Wildman–Crippen MR) is 111 cm³/mol. The molecule has 0 N–H and O–H groups in total. The molecule has 2 heterocycles. The number of nitrogens with zero attached hydrogens (tertiary/aromatic N) is 3. The second-order valence-electron chi connectivity index (χ2n) is 7.39. The van der Waals surface area contributed by atoms with Gasteiger partial charge in [0.05, 0.1) is 18.2 Å². The van der Waals surface area contributed by atoms with Crippen LogP contribution in [-0.4, -0.2) is 54.0 Å². The van der Waals surface area contributed by atoms with Gasteiger partial charge in [0.1, 0.15) is 11.6 Å². The fourth-order valence-electron chi connectivity index (χ4n) is 3.78. The Bertz CT molecular complexity index is 1020. The van der Waals surface area contributed by atoms with Crippen LogP contribution < -0.4 is 4.74 Å². The topological polar surface area (TPSA) is 45.7 Å². The Balaban J connectivity index is 1.44. The number of aryl methyl sites for hydroxylation is 1. The summed E-state index contributed by atoms with van der Waals surface area (Å²) in [6, 6.07) is 14.3. The highest BCUT2D eigenvalue weighted by atomic mass is 19.1. The minimum Gasteiger partial charge on any atom is -0.497 e. The molecule has 3 aromatic rings. The van der Waals surface area contributed by atoms with Gasteiger partial charge >= 0.3 is 0 Å². The van der Waals surface area contributed by atoms with Gasteiger partial charge in [-0.3, -0.25) is 14.7 Å². The van der Waals surface area contributed by atoms with Crippen LogP contribution in [0.4, 0.5) is 4.39 Å². The van der Waals surface area contributed by atoms with E-state index in [1.54, 1.807) is 19.2 Å². The van der Waals surface area contributed by atoms with Crippen LogP contribution >= 0.6 is 0 Å². The molecule has 1 fully saturated rings. The van der Waals surface area contributed by atoms with Crippen molar-refractivity contribution in [3.63, 3.8) is 0 Å². The number of halogens is 1. The number of amides is 1. The van der Waals surface area contributed by atoms with Crippen LogP contribution in [0.2, 0.25) is 0 Å². The van der Waals surface area contributed by atoms with Crippen LogP contribution in [-0.2, 0) is 6.54 Å². The first-order valence-corrected chi connectivity index (χ1v) is 9.75. The molecule has 1 aliphatic rings. The van der Waals surface area contributed by atoms with Gasteiger partial charge in [-0.25, -0.2) is 4.39 Å². The number of piperazine rings is 1. The van der Waals surface area contributed by atoms with Crippen molar-refractivity contribution in [2.24, 2.45) is 0 Å². The molecule has 0 aliphatic carbocycles. The number of rotatable bonds is 4. The van der Waals surface area contributed by atoms with Crippen LogP contribution in [0.15, 0.2) is 48.5 Å². The van der Waals surface area contributed by atoms with Crippen molar-refractivity contribution in [3.8, 4) is 5.75 Å². The van der Waals surface area contributed by atoms with Gasteiger partial charge in [-0.2, -0.15) is 0 Å². The van der Waals surface area contributed by atoms with Crippen molar-refractivity contribution >= 4 is 16.8 Å². The van der Waals surface area contributed by atoms with Crippen molar-refractivity contribution < 1.29 is 13.9 Å². The molecule has 0 saturated carbocycles. The summed E-state index contributed by atoms with van der Waals surface area (Å²) in [6.45, 7) is 5.64. The fourth-order valence-corrected chi connectivity index (χ4v) is 3.78. The number of hydrogen-bond donors (Lipinski definition) is 0. The number of hydrogen-bond acceptors (Lipinski definition) is 4. The highest BCUT2D eigenvalue weighted by Gasteiger charge is 2.24. The molecule has 1 amide bonds. The maximum absolute atomic E-state index is 13.6. The van der Waals surface area contributed by atoms with E-state index in [-0.39, 0.29) is 11.7 Å². The molecule has 0 atom stereocenters. The molecular weight excluding hydrogens is 369 g/mol. The number of pyridine rings is 1. The van der Waals surface area contributed by atoms with Crippen LogP contribution in [0.1, 0.15) is 21.6 Å². The van der Waals surface area contributed by atoms with Crippen molar-refractivity contribution in [2.45, 2.75) is 13.5 Å². The van der Waals surface area contributed by atoms with E-state index in [0.717, 1.165) is 25.4 Å². The fraction of sp³-hybridized carbons (Fsp3) is 0.304. The quantitative estimate of drug-likeness (QED) is 0.679. The third kappa shape index (κ3) is 4.22. The van der Waals surface area contributed by atoms with E-state index in [2.05, 4.69) is 22.0 Å². The van der Waals surface area contributed by atoms with E-state index in [4.69, 9.17) is 4.74 Å². The zero-order chi connectivity index (χ0) is 20.4. The van der Waals surface area contributed by atoms with Gasteiger partial charge in [0.15, 0.2) is 0 Å². The standard InChI is InChI=1S/C23H24FN3O2/c1-16-13-21(20-8-5-18(24)14-22(20)25-16)23(28)27-11-9-26(10-12-27)15-17-3-6-19(29-2)7-4-17/h3-8,13-14H,9-12,15H2,1-2H3. The number of ether oxygens (including phenoxy) is 1. The van der Waals surface area contributed by atoms with Gasteiger partial charge in [-0.15, -0.1) is 0 Å². The van der Waals surface area contributed by atoms with Crippen LogP contribution in [0.25, 0.3) is 10.9 Å². The summed E-state index contributed by atoms with van der Waals surface area (Å²) >= 11 is 0. The molecule has 0 radical (unpaired) electrons. The van der Waals surface area contributed by atoms with Crippen molar-refractivity contribution in [2.75, 3.05) is 33.3 Å². The lowest BCUT2D eigenvalue weighted by Crippen LogP contribution is -2.48. The van der Waals surface area contributed by atoms with Crippen LogP contribution in [0.3, 0.4) is 0 Å². The molecule has 0 bridgehead atoms. The Labute approximate surface area is 169 Å². The molecule has 2 aromatic carbocycles. The molecule has 150 valence electrons. The number of carbonyl (C=O) groups excluding carboxylic acids is 1. The van der Waals surface area contributed by atoms with Gasteiger partial charge in [-0.05, 0) is 42.8 Å². The molecule has 0 unspecified atom stereocenters. The maximum atomic E-state index is 13.6. The Morgan fingerprint density at radius 3 is 2.48 bits per heavy atom. The zero-order valence-electron chi connectivity index (χ0n) is 16.7. The second-order valence-corrected chi connectivity index (χ2v) is 7.39. The molecule has 29 heavy (non-hydrogen) atoms. The number of benzene rings is 2. The Morgan fingerprint density at radius 1 is 1.07 bits per heavy atom. The third-order valence-corrected chi connectivity index (χ3v) is 5.36. The van der Waals surface area contributed by atoms with Gasteiger partial charge < -0.3 is 9.64 Å². The summed E-state index contributed by atoms with van der Waals surface area (Å²) in [6.07, 6.45) is 0. The number of aromatic nitrogens is 1. The SMILES string of the molecule is COc1ccc(CN2CCN(C(=O)c3cc(C)nc4cc(F)ccc34)CC2)cc1. The Morgan fingerprint density at radius 2 is 1.79 bits per heavy atom. The van der Waals surface area contributed by atoms with Gasteiger partial charge in [0, 0.05) is 49.9 Å². The van der Waals surface area contributed by atoms with Crippen LogP contribution in [0.5, 0.6) is 5.75 Å². The highest BCUT2D eigenvalue weighted by molar-refractivity contribution is 6.06. The van der Waals surface area contributed by atoms with Crippen molar-refractivity contribution in [1.82, 2.24) is 14.8 Å². The summed E-state index contributed by atoms with van der Waals surface area (Å²) in [5.74, 6) is 0.487. The predicted octanol–water partition coefficient (Wildman–Crippen LogP) is 3.65. The summed E-state index contributed by atoms with van der Waals surface area (Å²) in [5.41, 5.74) is 3.05. The first-order chi connectivity index (χ1) is 14.0. The van der Waals surface area contributed by atoms with Gasteiger partial charge in [-0.1, -0.05) is 12.1 Å². The third-order valence-electron chi connectivity index (χ3n) is 5.36. The number of fused-ring (bicyclic) bond motifs is 1. The molecule has 1 saturated heterocycles. The maximum Gasteiger partial charge on any atom is 0.254 e. The van der Waals surface area contributed by atoms with Crippen molar-refractivity contribution in [1.29, 1.82) is 0 Å². The number of methoxy groups -OCH3 is 1. The van der Waals surface area contributed by atoms with E-state index >= 15 is 0 Å². The second kappa shape index (κ2) is 8.17. The minimum absolute atomic E-state index is 0.0174. The molecule has 5 nitrogen and oxygen atoms in total. The Hall–Kier alpha value is -2.99. The molecule has 6 heteroatoms. The summed E-state index contributed by atoms with van der Waals surface area (Å²) in [7, 11) is 1.66. The molecule has 0 spiro atoms. The highest BCUT2D eigenvalue weighted by Crippen LogP contribution is 2.22. The average Bonchev–Trinajstić information content (AvgIpc) is 2.73. The summed E-state index contributed by atoms with van der Waals surface area (Å²) < 4.78 is 18.8. The van der Waals surface area contributed by atoms with E-state index in [1.807, 2.05) is 24.0 Å². The zero-order valence-corrected chi connectivity index (χ0v) is 16.7.